The maximum atomic E-state index is 6.38. The second kappa shape index (κ2) is 9.41. The second-order valence-electron chi connectivity index (χ2n) is 8.96. The molecule has 2 atom stereocenters. The number of halogens is 2. The van der Waals surface area contributed by atoms with Crippen LogP contribution in [0.1, 0.15) is 58.5 Å². The van der Waals surface area contributed by atoms with E-state index in [-0.39, 0.29) is 11.5 Å². The summed E-state index contributed by atoms with van der Waals surface area (Å²) in [5.41, 5.74) is 1.34. The fourth-order valence-corrected chi connectivity index (χ4v) is 3.93. The molecule has 31 heavy (non-hydrogen) atoms. The first kappa shape index (κ1) is 23.3. The van der Waals surface area contributed by atoms with Crippen molar-refractivity contribution in [3.05, 3.63) is 76.0 Å². The second-order valence-corrected chi connectivity index (χ2v) is 9.80. The normalized spacial score (nSPS) is 15.1. The van der Waals surface area contributed by atoms with Gasteiger partial charge in [-0.3, -0.25) is 0 Å². The van der Waals surface area contributed by atoms with E-state index in [9.17, 15) is 0 Å². The SMILES string of the molecule is CC[C@](C)(Nc1ccccc1)c1nnnn1[C@@H](/C=C\c1ccc(Cl)cc1Cl)C(C)(C)C. The van der Waals surface area contributed by atoms with Crippen molar-refractivity contribution >= 4 is 35.0 Å². The van der Waals surface area contributed by atoms with Gasteiger partial charge in [-0.1, -0.05) is 87.3 Å². The molecule has 1 aromatic heterocycles. The van der Waals surface area contributed by atoms with Gasteiger partial charge in [-0.25, -0.2) is 4.68 Å². The highest BCUT2D eigenvalue weighted by atomic mass is 35.5. The van der Waals surface area contributed by atoms with E-state index in [0.717, 1.165) is 23.5 Å². The number of nitrogens with one attached hydrogen (secondary N) is 1. The van der Waals surface area contributed by atoms with Gasteiger partial charge in [0.05, 0.1) is 11.6 Å². The van der Waals surface area contributed by atoms with Gasteiger partial charge < -0.3 is 5.32 Å². The van der Waals surface area contributed by atoms with Gasteiger partial charge in [0.15, 0.2) is 5.82 Å². The summed E-state index contributed by atoms with van der Waals surface area (Å²) in [6, 6.07) is 15.5. The third-order valence-electron chi connectivity index (χ3n) is 5.46. The van der Waals surface area contributed by atoms with E-state index < -0.39 is 5.54 Å². The molecule has 7 heteroatoms. The number of para-hydroxylation sites is 1. The Bertz CT molecular complexity index is 1040. The number of tetrazole rings is 1. The van der Waals surface area contributed by atoms with Gasteiger partial charge in [-0.2, -0.15) is 0 Å². The van der Waals surface area contributed by atoms with Crippen LogP contribution in [0.15, 0.2) is 54.6 Å². The molecule has 0 aliphatic carbocycles. The van der Waals surface area contributed by atoms with Gasteiger partial charge in [-0.15, -0.1) is 5.10 Å². The lowest BCUT2D eigenvalue weighted by Gasteiger charge is -2.34. The molecular weight excluding hydrogens is 429 g/mol. The van der Waals surface area contributed by atoms with Crippen molar-refractivity contribution in [2.75, 3.05) is 5.32 Å². The number of rotatable bonds is 7. The first-order valence-electron chi connectivity index (χ1n) is 10.4. The molecule has 0 saturated heterocycles. The van der Waals surface area contributed by atoms with Crippen molar-refractivity contribution in [3.63, 3.8) is 0 Å². The molecule has 164 valence electrons. The summed E-state index contributed by atoms with van der Waals surface area (Å²) >= 11 is 12.4. The largest absolute Gasteiger partial charge is 0.373 e. The molecule has 0 saturated carbocycles. The fraction of sp³-hybridized carbons (Fsp3) is 0.375. The molecule has 0 unspecified atom stereocenters. The van der Waals surface area contributed by atoms with Crippen molar-refractivity contribution < 1.29 is 0 Å². The predicted molar refractivity (Wildman–Crippen MR) is 130 cm³/mol. The standard InChI is InChI=1S/C24H29Cl2N5/c1-6-24(5,27-19-10-8-7-9-11-19)22-28-29-30-31(22)21(23(2,3)4)15-13-17-12-14-18(25)16-20(17)26/h7-16,21,27H,6H2,1-5H3/b15-13-/t21-,24-/m0/s1. The molecule has 0 aliphatic rings. The van der Waals surface area contributed by atoms with Crippen molar-refractivity contribution in [1.29, 1.82) is 0 Å². The average Bonchev–Trinajstić information content (AvgIpc) is 3.19. The third-order valence-corrected chi connectivity index (χ3v) is 6.02. The van der Waals surface area contributed by atoms with E-state index in [0.29, 0.717) is 10.0 Å². The number of hydrogen-bond acceptors (Lipinski definition) is 4. The van der Waals surface area contributed by atoms with Crippen molar-refractivity contribution in [3.8, 4) is 0 Å². The smallest absolute Gasteiger partial charge is 0.177 e. The quantitative estimate of drug-likeness (QED) is 0.413. The highest BCUT2D eigenvalue weighted by molar-refractivity contribution is 6.35. The lowest BCUT2D eigenvalue weighted by atomic mass is 9.85. The highest BCUT2D eigenvalue weighted by Gasteiger charge is 2.36. The Morgan fingerprint density at radius 2 is 1.77 bits per heavy atom. The van der Waals surface area contributed by atoms with Crippen LogP contribution in [0.4, 0.5) is 5.69 Å². The Morgan fingerprint density at radius 3 is 2.39 bits per heavy atom. The third kappa shape index (κ3) is 5.46. The van der Waals surface area contributed by atoms with Gasteiger partial charge in [-0.05, 0) is 59.0 Å². The van der Waals surface area contributed by atoms with Gasteiger partial charge in [0.1, 0.15) is 0 Å². The first-order chi connectivity index (χ1) is 14.6. The van der Waals surface area contributed by atoms with Gasteiger partial charge in [0.2, 0.25) is 0 Å². The van der Waals surface area contributed by atoms with Crippen LogP contribution in [0.2, 0.25) is 10.0 Å². The number of aromatic nitrogens is 4. The Kier molecular flexibility index (Phi) is 7.07. The minimum absolute atomic E-state index is 0.0901. The molecule has 0 fully saturated rings. The van der Waals surface area contributed by atoms with Crippen LogP contribution >= 0.6 is 23.2 Å². The summed E-state index contributed by atoms with van der Waals surface area (Å²) in [6.07, 6.45) is 4.92. The molecule has 5 nitrogen and oxygen atoms in total. The van der Waals surface area contributed by atoms with Crippen LogP contribution in [-0.2, 0) is 5.54 Å². The van der Waals surface area contributed by atoms with E-state index in [4.69, 9.17) is 23.2 Å². The monoisotopic (exact) mass is 457 g/mol. The molecule has 0 spiro atoms. The van der Waals surface area contributed by atoms with Gasteiger partial charge in [0.25, 0.3) is 0 Å². The zero-order valence-corrected chi connectivity index (χ0v) is 20.1. The maximum Gasteiger partial charge on any atom is 0.177 e. The summed E-state index contributed by atoms with van der Waals surface area (Å²) in [7, 11) is 0. The van der Waals surface area contributed by atoms with Crippen molar-refractivity contribution in [1.82, 2.24) is 20.2 Å². The number of benzene rings is 2. The summed E-state index contributed by atoms with van der Waals surface area (Å²) in [4.78, 5) is 0. The summed E-state index contributed by atoms with van der Waals surface area (Å²) in [6.45, 7) is 10.8. The van der Waals surface area contributed by atoms with E-state index in [1.165, 1.54) is 0 Å². The summed E-state index contributed by atoms with van der Waals surface area (Å²) < 4.78 is 1.92. The van der Waals surface area contributed by atoms with Crippen LogP contribution < -0.4 is 5.32 Å². The lowest BCUT2D eigenvalue weighted by Crippen LogP contribution is -2.37. The molecular formula is C24H29Cl2N5. The van der Waals surface area contributed by atoms with Gasteiger partial charge >= 0.3 is 0 Å². The van der Waals surface area contributed by atoms with Crippen LogP contribution in [0, 0.1) is 5.41 Å². The molecule has 1 N–H and O–H groups in total. The Balaban J connectivity index is 2.00. The molecule has 0 aliphatic heterocycles. The minimum atomic E-state index is -0.444. The van der Waals surface area contributed by atoms with Crippen molar-refractivity contribution in [2.45, 2.75) is 52.6 Å². The van der Waals surface area contributed by atoms with Crippen molar-refractivity contribution in [2.24, 2.45) is 5.41 Å². The molecule has 0 radical (unpaired) electrons. The Hall–Kier alpha value is -2.37. The van der Waals surface area contributed by atoms with E-state index >= 15 is 0 Å². The van der Waals surface area contributed by atoms with E-state index in [1.807, 2.05) is 53.2 Å². The zero-order chi connectivity index (χ0) is 22.6. The molecule has 0 amide bonds. The fourth-order valence-electron chi connectivity index (χ4n) is 3.46. The summed E-state index contributed by atoms with van der Waals surface area (Å²) in [5, 5.41) is 17.7. The van der Waals surface area contributed by atoms with Gasteiger partial charge in [0, 0.05) is 15.7 Å². The zero-order valence-electron chi connectivity index (χ0n) is 18.6. The van der Waals surface area contributed by atoms with Crippen LogP contribution in [0.25, 0.3) is 6.08 Å². The number of allylic oxidation sites excluding steroid dienone is 1. The van der Waals surface area contributed by atoms with E-state index in [1.54, 1.807) is 6.07 Å². The predicted octanol–water partition coefficient (Wildman–Crippen LogP) is 7.02. The topological polar surface area (TPSA) is 55.6 Å². The molecule has 1 heterocycles. The van der Waals surface area contributed by atoms with Crippen LogP contribution in [-0.4, -0.2) is 20.2 Å². The summed E-state index contributed by atoms with van der Waals surface area (Å²) in [5.74, 6) is 0.783. The molecule has 3 rings (SSSR count). The average molecular weight is 458 g/mol. The molecule has 2 aromatic carbocycles. The minimum Gasteiger partial charge on any atom is -0.373 e. The Morgan fingerprint density at radius 1 is 1.06 bits per heavy atom. The maximum absolute atomic E-state index is 6.38. The first-order valence-corrected chi connectivity index (χ1v) is 11.1. The van der Waals surface area contributed by atoms with Crippen LogP contribution in [0.3, 0.4) is 0 Å². The number of hydrogen-bond donors (Lipinski definition) is 1. The number of nitrogens with zero attached hydrogens (tertiary/aromatic N) is 4. The lowest BCUT2D eigenvalue weighted by molar-refractivity contribution is 0.255. The van der Waals surface area contributed by atoms with E-state index in [2.05, 4.69) is 61.5 Å². The van der Waals surface area contributed by atoms with Crippen LogP contribution in [0.5, 0.6) is 0 Å². The molecule has 3 aromatic rings. The number of anilines is 1. The molecule has 0 bridgehead atoms. The Labute approximate surface area is 194 Å². The highest BCUT2D eigenvalue weighted by Crippen LogP contribution is 2.36.